The van der Waals surface area contributed by atoms with Crippen LogP contribution in [0.25, 0.3) is 193 Å². The Hall–Kier alpha value is -13.5. The van der Waals surface area contributed by atoms with Gasteiger partial charge in [-0.25, -0.2) is 0 Å². The van der Waals surface area contributed by atoms with Gasteiger partial charge >= 0.3 is 0 Å². The summed E-state index contributed by atoms with van der Waals surface area (Å²) in [6.07, 6.45) is 0. The van der Waals surface area contributed by atoms with E-state index in [2.05, 4.69) is 393 Å². The number of nitrogens with zero attached hydrogens (tertiary/aromatic N) is 5. The largest absolute Gasteiger partial charge is 0.309 e. The van der Waals surface area contributed by atoms with Gasteiger partial charge in [0.1, 0.15) is 0 Å². The normalized spacial score (nSPS) is 12.0. The van der Waals surface area contributed by atoms with E-state index in [-0.39, 0.29) is 0 Å². The third kappa shape index (κ3) is 8.97. The van der Waals surface area contributed by atoms with E-state index in [1.165, 1.54) is 131 Å². The molecule has 0 atom stereocenters. The molecule has 0 radical (unpaired) electrons. The SMILES string of the molecule is c1ccc(-c2ccc(-n3c4ccccc4c4cc(-c5ccc6c(c5)c5ccc(-c7ccc8c(c7)c7cc(-c9ccc%10c(c9)c9ccccc9n%10-c9ccccc9)ccc7n8-c7ccc8c(c7)c7ccccc7n8-c7ccccc7)cc5n6-c5ccc(-c6ccccc6)cc5)ccc43)cc2)cc1. The highest BCUT2D eigenvalue weighted by Crippen LogP contribution is 2.45. The molecule has 0 saturated carbocycles. The van der Waals surface area contributed by atoms with E-state index in [1.54, 1.807) is 0 Å². The highest BCUT2D eigenvalue weighted by molar-refractivity contribution is 6.17. The summed E-state index contributed by atoms with van der Waals surface area (Å²) in [5.41, 5.74) is 29.2. The molecular formula is C96H61N5. The lowest BCUT2D eigenvalue weighted by atomic mass is 9.98. The Bertz CT molecular complexity index is 6890. The van der Waals surface area contributed by atoms with Gasteiger partial charge in [-0.15, -0.1) is 0 Å². The van der Waals surface area contributed by atoms with Gasteiger partial charge in [-0.05, 0) is 207 Å². The molecule has 0 unspecified atom stereocenters. The van der Waals surface area contributed by atoms with E-state index in [0.29, 0.717) is 0 Å². The first-order valence-electron chi connectivity index (χ1n) is 34.8. The number of aromatic nitrogens is 5. The molecule has 470 valence electrons. The molecule has 0 spiro atoms. The van der Waals surface area contributed by atoms with Crippen molar-refractivity contribution >= 4 is 109 Å². The van der Waals surface area contributed by atoms with E-state index >= 15 is 0 Å². The van der Waals surface area contributed by atoms with E-state index in [9.17, 15) is 0 Å². The van der Waals surface area contributed by atoms with Crippen molar-refractivity contribution in [3.8, 4) is 84.1 Å². The van der Waals surface area contributed by atoms with Gasteiger partial charge in [0, 0.05) is 82.3 Å². The molecule has 101 heavy (non-hydrogen) atoms. The van der Waals surface area contributed by atoms with Crippen LogP contribution in [-0.2, 0) is 0 Å². The van der Waals surface area contributed by atoms with Crippen LogP contribution in [0, 0.1) is 0 Å². The summed E-state index contributed by atoms with van der Waals surface area (Å²) in [6.45, 7) is 0. The molecule has 5 heteroatoms. The molecule has 0 aliphatic carbocycles. The fourth-order valence-electron chi connectivity index (χ4n) is 16.6. The minimum absolute atomic E-state index is 1.11. The van der Waals surface area contributed by atoms with Crippen LogP contribution in [-0.4, -0.2) is 22.8 Å². The van der Waals surface area contributed by atoms with Crippen LogP contribution in [0.15, 0.2) is 370 Å². The summed E-state index contributed by atoms with van der Waals surface area (Å²) in [6, 6.07) is 137. The van der Waals surface area contributed by atoms with Crippen molar-refractivity contribution in [2.75, 3.05) is 0 Å². The summed E-state index contributed by atoms with van der Waals surface area (Å²) in [5, 5.41) is 12.1. The summed E-state index contributed by atoms with van der Waals surface area (Å²) in [7, 11) is 0. The zero-order chi connectivity index (χ0) is 66.2. The first-order valence-corrected chi connectivity index (χ1v) is 34.8. The number of rotatable bonds is 10. The molecule has 5 nitrogen and oxygen atoms in total. The lowest BCUT2D eigenvalue weighted by molar-refractivity contribution is 1.17. The van der Waals surface area contributed by atoms with Crippen molar-refractivity contribution in [1.29, 1.82) is 0 Å². The molecule has 0 amide bonds. The van der Waals surface area contributed by atoms with Gasteiger partial charge < -0.3 is 22.8 Å². The monoisotopic (exact) mass is 1280 g/mol. The number of para-hydroxylation sites is 5. The van der Waals surface area contributed by atoms with Gasteiger partial charge in [-0.2, -0.15) is 0 Å². The summed E-state index contributed by atoms with van der Waals surface area (Å²) in [5.74, 6) is 0. The highest BCUT2D eigenvalue weighted by Gasteiger charge is 2.22. The summed E-state index contributed by atoms with van der Waals surface area (Å²) in [4.78, 5) is 0. The second-order valence-electron chi connectivity index (χ2n) is 26.8. The Kier molecular flexibility index (Phi) is 12.7. The smallest absolute Gasteiger partial charge is 0.0547 e. The van der Waals surface area contributed by atoms with Crippen LogP contribution >= 0.6 is 0 Å². The fourth-order valence-corrected chi connectivity index (χ4v) is 16.6. The number of hydrogen-bond donors (Lipinski definition) is 0. The Labute approximate surface area is 582 Å². The Balaban J connectivity index is 0.733. The summed E-state index contributed by atoms with van der Waals surface area (Å²) < 4.78 is 12.2. The van der Waals surface area contributed by atoms with Crippen molar-refractivity contribution in [2.45, 2.75) is 0 Å². The molecule has 0 saturated heterocycles. The maximum Gasteiger partial charge on any atom is 0.0547 e. The summed E-state index contributed by atoms with van der Waals surface area (Å²) >= 11 is 0. The molecular weight excluding hydrogens is 1220 g/mol. The van der Waals surface area contributed by atoms with E-state index in [4.69, 9.17) is 0 Å². The van der Waals surface area contributed by atoms with E-state index < -0.39 is 0 Å². The van der Waals surface area contributed by atoms with Crippen molar-refractivity contribution in [3.05, 3.63) is 370 Å². The second-order valence-corrected chi connectivity index (χ2v) is 26.8. The van der Waals surface area contributed by atoms with Crippen molar-refractivity contribution in [2.24, 2.45) is 0 Å². The quantitative estimate of drug-likeness (QED) is 0.130. The van der Waals surface area contributed by atoms with E-state index in [0.717, 1.165) is 61.6 Å². The Morgan fingerprint density at radius 1 is 0.109 bits per heavy atom. The van der Waals surface area contributed by atoms with Crippen LogP contribution in [0.5, 0.6) is 0 Å². The molecule has 21 rings (SSSR count). The number of benzene rings is 16. The predicted molar refractivity (Wildman–Crippen MR) is 425 cm³/mol. The second kappa shape index (κ2) is 22.5. The molecule has 0 bridgehead atoms. The highest BCUT2D eigenvalue weighted by atomic mass is 15.0. The van der Waals surface area contributed by atoms with Crippen molar-refractivity contribution in [1.82, 2.24) is 22.8 Å². The first-order chi connectivity index (χ1) is 50.1. The molecule has 0 N–H and O–H groups in total. The lowest BCUT2D eigenvalue weighted by Gasteiger charge is -2.12. The Morgan fingerprint density at radius 2 is 0.327 bits per heavy atom. The average Bonchev–Trinajstić information content (AvgIpc) is 1.58. The fraction of sp³-hybridized carbons (Fsp3) is 0. The van der Waals surface area contributed by atoms with Gasteiger partial charge in [0.05, 0.1) is 55.2 Å². The van der Waals surface area contributed by atoms with Crippen LogP contribution in [0.3, 0.4) is 0 Å². The maximum absolute atomic E-state index is 2.49. The van der Waals surface area contributed by atoms with Crippen molar-refractivity contribution < 1.29 is 0 Å². The Morgan fingerprint density at radius 3 is 0.703 bits per heavy atom. The molecule has 0 fully saturated rings. The third-order valence-electron chi connectivity index (χ3n) is 21.3. The number of fused-ring (bicyclic) bond motifs is 15. The van der Waals surface area contributed by atoms with Gasteiger partial charge in [0.25, 0.3) is 0 Å². The number of hydrogen-bond acceptors (Lipinski definition) is 0. The molecule has 0 aliphatic heterocycles. The lowest BCUT2D eigenvalue weighted by Crippen LogP contribution is -1.96. The zero-order valence-electron chi connectivity index (χ0n) is 55.0. The average molecular weight is 1280 g/mol. The molecule has 0 aliphatic rings. The minimum atomic E-state index is 1.11. The third-order valence-corrected chi connectivity index (χ3v) is 21.3. The van der Waals surface area contributed by atoms with Gasteiger partial charge in [0.15, 0.2) is 0 Å². The standard InChI is InChI=1S/C96H61N5/c1-5-19-62(20-6-1)64-33-43-74(44-34-64)99-88-31-17-14-28-78(88)82-55-66(39-50-91(82)99)68-40-51-92-83(57-68)80-48-37-71(60-96(80)100(92)75-45-35-65(36-46-75)63-21-7-2-8-22-63)70-42-53-94-85(59-70)84-58-69(67-38-49-90-81(56-67)77-27-13-16-30-87(77)97(90)72-23-9-3-10-24-72)41-52-93(84)101(94)76-47-54-95-86(61-76)79-29-15-18-32-89(79)98(95)73-25-11-4-12-26-73/h1-61H. The first kappa shape index (κ1) is 56.7. The van der Waals surface area contributed by atoms with Crippen LogP contribution < -0.4 is 0 Å². The zero-order valence-corrected chi connectivity index (χ0v) is 55.0. The van der Waals surface area contributed by atoms with Gasteiger partial charge in [-0.1, -0.05) is 218 Å². The maximum atomic E-state index is 2.49. The molecule has 21 aromatic rings. The topological polar surface area (TPSA) is 24.6 Å². The minimum Gasteiger partial charge on any atom is -0.309 e. The predicted octanol–water partition coefficient (Wildman–Crippen LogP) is 25.5. The molecule has 5 heterocycles. The van der Waals surface area contributed by atoms with E-state index in [1.807, 2.05) is 0 Å². The van der Waals surface area contributed by atoms with Gasteiger partial charge in [0.2, 0.25) is 0 Å². The molecule has 5 aromatic heterocycles. The van der Waals surface area contributed by atoms with Crippen LogP contribution in [0.4, 0.5) is 0 Å². The van der Waals surface area contributed by atoms with Crippen LogP contribution in [0.1, 0.15) is 0 Å². The molecule has 16 aromatic carbocycles. The van der Waals surface area contributed by atoms with Crippen LogP contribution in [0.2, 0.25) is 0 Å². The van der Waals surface area contributed by atoms with Gasteiger partial charge in [-0.3, -0.25) is 0 Å². The van der Waals surface area contributed by atoms with Crippen molar-refractivity contribution in [3.63, 3.8) is 0 Å².